The second-order valence-corrected chi connectivity index (χ2v) is 7.07. The number of aryl methyl sites for hydroxylation is 1. The number of anilines is 1. The number of hydrogen-bond donors (Lipinski definition) is 1. The van der Waals surface area contributed by atoms with Crippen molar-refractivity contribution in [2.24, 2.45) is 0 Å². The minimum atomic E-state index is -0.592. The summed E-state index contributed by atoms with van der Waals surface area (Å²) < 4.78 is 18.8. The Bertz CT molecular complexity index is 1160. The molecular formula is C23H17FN2O3S. The maximum atomic E-state index is 13.1. The molecule has 2 aromatic carbocycles. The molecule has 150 valence electrons. The fourth-order valence-corrected chi connectivity index (χ4v) is 3.40. The molecule has 0 radical (unpaired) electrons. The molecule has 7 heteroatoms. The Labute approximate surface area is 177 Å². The average Bonchev–Trinajstić information content (AvgIpc) is 3.21. The lowest BCUT2D eigenvalue weighted by Gasteiger charge is -2.28. The predicted molar refractivity (Wildman–Crippen MR) is 116 cm³/mol. The number of benzene rings is 2. The molecule has 0 aliphatic carbocycles. The number of nitrogens with zero attached hydrogens (tertiary/aromatic N) is 1. The fourth-order valence-electron chi connectivity index (χ4n) is 3.11. The largest absolute Gasteiger partial charge is 0.457 e. The number of nitrogens with one attached hydrogen (secondary N) is 1. The summed E-state index contributed by atoms with van der Waals surface area (Å²) in [5.41, 5.74) is 2.28. The predicted octanol–water partition coefficient (Wildman–Crippen LogP) is 4.48. The minimum Gasteiger partial charge on any atom is -0.457 e. The van der Waals surface area contributed by atoms with E-state index in [0.717, 1.165) is 12.0 Å². The van der Waals surface area contributed by atoms with E-state index in [1.807, 2.05) is 19.1 Å². The number of carbonyl (C=O) groups is 2. The van der Waals surface area contributed by atoms with Gasteiger partial charge < -0.3 is 4.42 Å². The molecule has 1 aliphatic rings. The van der Waals surface area contributed by atoms with E-state index >= 15 is 0 Å². The van der Waals surface area contributed by atoms with Crippen LogP contribution in [0.25, 0.3) is 17.4 Å². The van der Waals surface area contributed by atoms with Crippen molar-refractivity contribution in [2.45, 2.75) is 13.3 Å². The van der Waals surface area contributed by atoms with Gasteiger partial charge >= 0.3 is 0 Å². The maximum Gasteiger partial charge on any atom is 0.270 e. The number of carbonyl (C=O) groups excluding carboxylic acids is 2. The topological polar surface area (TPSA) is 62.6 Å². The van der Waals surface area contributed by atoms with Gasteiger partial charge in [0.2, 0.25) is 0 Å². The Morgan fingerprint density at radius 3 is 2.40 bits per heavy atom. The summed E-state index contributed by atoms with van der Waals surface area (Å²) in [6.45, 7) is 2.04. The van der Waals surface area contributed by atoms with E-state index in [-0.39, 0.29) is 16.5 Å². The van der Waals surface area contributed by atoms with Gasteiger partial charge in [-0.2, -0.15) is 0 Å². The van der Waals surface area contributed by atoms with Gasteiger partial charge in [-0.1, -0.05) is 19.1 Å². The third-order valence-corrected chi connectivity index (χ3v) is 5.03. The molecule has 1 N–H and O–H groups in total. The van der Waals surface area contributed by atoms with E-state index in [4.69, 9.17) is 16.6 Å². The maximum absolute atomic E-state index is 13.1. The SMILES string of the molecule is CCc1ccc(N2C(=O)C(=Cc3ccc(-c4ccc(F)cc4)o3)C(=O)NC2=S)cc1. The van der Waals surface area contributed by atoms with Gasteiger partial charge in [0.05, 0.1) is 5.69 Å². The Kier molecular flexibility index (Phi) is 5.29. The Hall–Kier alpha value is -3.58. The van der Waals surface area contributed by atoms with Crippen LogP contribution < -0.4 is 10.2 Å². The van der Waals surface area contributed by atoms with Crippen LogP contribution in [0.3, 0.4) is 0 Å². The summed E-state index contributed by atoms with van der Waals surface area (Å²) in [5.74, 6) is -0.658. The van der Waals surface area contributed by atoms with Crippen molar-refractivity contribution in [3.63, 3.8) is 0 Å². The van der Waals surface area contributed by atoms with E-state index in [0.29, 0.717) is 22.8 Å². The van der Waals surface area contributed by atoms with E-state index < -0.39 is 11.8 Å². The van der Waals surface area contributed by atoms with E-state index in [1.54, 1.807) is 36.4 Å². The molecule has 2 heterocycles. The van der Waals surface area contributed by atoms with Crippen LogP contribution in [0.2, 0.25) is 0 Å². The minimum absolute atomic E-state index is 0.0258. The molecule has 0 spiro atoms. The monoisotopic (exact) mass is 420 g/mol. The molecule has 0 bridgehead atoms. The fraction of sp³-hybridized carbons (Fsp3) is 0.0870. The number of thiocarbonyl (C=S) groups is 1. The van der Waals surface area contributed by atoms with Gasteiger partial charge in [0.1, 0.15) is 22.9 Å². The van der Waals surface area contributed by atoms with Crippen molar-refractivity contribution in [1.82, 2.24) is 5.32 Å². The van der Waals surface area contributed by atoms with Gasteiger partial charge in [-0.05, 0) is 78.8 Å². The van der Waals surface area contributed by atoms with Crippen molar-refractivity contribution < 1.29 is 18.4 Å². The summed E-state index contributed by atoms with van der Waals surface area (Å²) in [4.78, 5) is 26.7. The molecule has 30 heavy (non-hydrogen) atoms. The first-order chi connectivity index (χ1) is 14.5. The molecular weight excluding hydrogens is 403 g/mol. The van der Waals surface area contributed by atoms with Crippen molar-refractivity contribution in [2.75, 3.05) is 4.90 Å². The Morgan fingerprint density at radius 1 is 1.03 bits per heavy atom. The van der Waals surface area contributed by atoms with E-state index in [2.05, 4.69) is 5.32 Å². The summed E-state index contributed by atoms with van der Waals surface area (Å²) in [6, 6.07) is 16.6. The highest BCUT2D eigenvalue weighted by Crippen LogP contribution is 2.26. The zero-order valence-corrected chi connectivity index (χ0v) is 16.8. The van der Waals surface area contributed by atoms with Crippen LogP contribution >= 0.6 is 12.2 Å². The molecule has 3 aromatic rings. The van der Waals surface area contributed by atoms with Crippen LogP contribution in [0, 0.1) is 5.82 Å². The average molecular weight is 420 g/mol. The molecule has 5 nitrogen and oxygen atoms in total. The first-order valence-corrected chi connectivity index (χ1v) is 9.73. The van der Waals surface area contributed by atoms with E-state index in [9.17, 15) is 14.0 Å². The van der Waals surface area contributed by atoms with Crippen molar-refractivity contribution >= 4 is 40.9 Å². The van der Waals surface area contributed by atoms with Gasteiger partial charge in [-0.15, -0.1) is 0 Å². The second kappa shape index (κ2) is 8.04. The molecule has 1 fully saturated rings. The molecule has 1 aliphatic heterocycles. The highest BCUT2D eigenvalue weighted by atomic mass is 32.1. The zero-order valence-electron chi connectivity index (χ0n) is 16.0. The lowest BCUT2D eigenvalue weighted by atomic mass is 10.1. The third kappa shape index (κ3) is 3.79. The smallest absolute Gasteiger partial charge is 0.270 e. The van der Waals surface area contributed by atoms with Gasteiger partial charge in [0.15, 0.2) is 5.11 Å². The zero-order chi connectivity index (χ0) is 21.3. The van der Waals surface area contributed by atoms with Crippen LogP contribution in [0.1, 0.15) is 18.2 Å². The first kappa shape index (κ1) is 19.7. The molecule has 1 aromatic heterocycles. The third-order valence-electron chi connectivity index (χ3n) is 4.75. The van der Waals surface area contributed by atoms with Crippen LogP contribution in [-0.2, 0) is 16.0 Å². The van der Waals surface area contributed by atoms with Gasteiger partial charge in [-0.25, -0.2) is 4.39 Å². The van der Waals surface area contributed by atoms with E-state index in [1.165, 1.54) is 23.1 Å². The quantitative estimate of drug-likeness (QED) is 0.384. The number of furan rings is 1. The van der Waals surface area contributed by atoms with Gasteiger partial charge in [0.25, 0.3) is 11.8 Å². The normalized spacial score (nSPS) is 15.6. The summed E-state index contributed by atoms with van der Waals surface area (Å²) >= 11 is 5.21. The molecule has 2 amide bonds. The van der Waals surface area contributed by atoms with Crippen LogP contribution in [0.15, 0.2) is 70.7 Å². The van der Waals surface area contributed by atoms with Crippen molar-refractivity contribution in [3.8, 4) is 11.3 Å². The summed E-state index contributed by atoms with van der Waals surface area (Å²) in [5, 5.41) is 2.57. The van der Waals surface area contributed by atoms with Crippen molar-refractivity contribution in [3.05, 3.63) is 83.4 Å². The molecule has 0 atom stereocenters. The standard InChI is InChI=1S/C23H17FN2O3S/c1-2-14-3-9-17(10-4-14)26-22(28)19(21(27)25-23(26)30)13-18-11-12-20(29-18)15-5-7-16(24)8-6-15/h3-13H,2H2,1H3,(H,25,27,30). The number of amides is 2. The molecule has 0 unspecified atom stereocenters. The molecule has 0 saturated carbocycles. The lowest BCUT2D eigenvalue weighted by Crippen LogP contribution is -2.54. The Balaban J connectivity index is 1.65. The summed E-state index contributed by atoms with van der Waals surface area (Å²) in [7, 11) is 0. The highest BCUT2D eigenvalue weighted by molar-refractivity contribution is 7.80. The second-order valence-electron chi connectivity index (χ2n) is 6.69. The number of halogens is 1. The van der Waals surface area contributed by atoms with Crippen molar-refractivity contribution in [1.29, 1.82) is 0 Å². The van der Waals surface area contributed by atoms with Gasteiger partial charge in [-0.3, -0.25) is 19.8 Å². The first-order valence-electron chi connectivity index (χ1n) is 9.32. The van der Waals surface area contributed by atoms with Crippen LogP contribution in [0.5, 0.6) is 0 Å². The Morgan fingerprint density at radius 2 is 1.73 bits per heavy atom. The number of hydrogen-bond acceptors (Lipinski definition) is 4. The highest BCUT2D eigenvalue weighted by Gasteiger charge is 2.34. The lowest BCUT2D eigenvalue weighted by molar-refractivity contribution is -0.122. The number of rotatable bonds is 4. The van der Waals surface area contributed by atoms with Gasteiger partial charge in [0, 0.05) is 5.56 Å². The molecule has 4 rings (SSSR count). The molecule has 1 saturated heterocycles. The van der Waals surface area contributed by atoms with Crippen LogP contribution in [-0.4, -0.2) is 16.9 Å². The summed E-state index contributed by atoms with van der Waals surface area (Å²) in [6.07, 6.45) is 2.25. The van der Waals surface area contributed by atoms with Crippen LogP contribution in [0.4, 0.5) is 10.1 Å².